The molecule has 1 amide bonds. The second kappa shape index (κ2) is 4.21. The fraction of sp³-hybridized carbons (Fsp3) is 0.500. The summed E-state index contributed by atoms with van der Waals surface area (Å²) in [6, 6.07) is -0.345. The number of rotatable bonds is 3. The number of likely N-dealkylation sites (tertiary alicyclic amines) is 1. The van der Waals surface area contributed by atoms with Crippen LogP contribution in [-0.4, -0.2) is 33.4 Å². The third-order valence-electron chi connectivity index (χ3n) is 2.83. The lowest BCUT2D eigenvalue weighted by molar-refractivity contribution is -0.142. The van der Waals surface area contributed by atoms with Crippen molar-refractivity contribution in [3.63, 3.8) is 0 Å². The Bertz CT molecular complexity index is 404. The van der Waals surface area contributed by atoms with E-state index in [2.05, 4.69) is 4.98 Å². The summed E-state index contributed by atoms with van der Waals surface area (Å²) in [6.07, 6.45) is 1.73. The molecule has 0 aliphatic carbocycles. The van der Waals surface area contributed by atoms with Crippen LogP contribution in [-0.2, 0) is 9.59 Å². The van der Waals surface area contributed by atoms with Crippen molar-refractivity contribution in [3.8, 4) is 0 Å². The summed E-state index contributed by atoms with van der Waals surface area (Å²) in [4.78, 5) is 29.2. The molecule has 2 unspecified atom stereocenters. The maximum atomic E-state index is 11.7. The number of thiazole rings is 1. The zero-order valence-electron chi connectivity index (χ0n) is 8.79. The highest BCUT2D eigenvalue weighted by molar-refractivity contribution is 7.09. The van der Waals surface area contributed by atoms with E-state index in [0.717, 1.165) is 4.88 Å². The first-order valence-corrected chi connectivity index (χ1v) is 5.93. The largest absolute Gasteiger partial charge is 0.481 e. The van der Waals surface area contributed by atoms with E-state index < -0.39 is 11.9 Å². The first kappa shape index (κ1) is 11.1. The van der Waals surface area contributed by atoms with Crippen molar-refractivity contribution in [1.29, 1.82) is 0 Å². The number of amides is 1. The fourth-order valence-electron chi connectivity index (χ4n) is 2.11. The number of aromatic nitrogens is 1. The average molecular weight is 240 g/mol. The summed E-state index contributed by atoms with van der Waals surface area (Å²) < 4.78 is 0. The highest BCUT2D eigenvalue weighted by atomic mass is 32.1. The molecule has 1 N–H and O–H groups in total. The minimum absolute atomic E-state index is 0.0890. The number of hydrogen-bond acceptors (Lipinski definition) is 4. The monoisotopic (exact) mass is 240 g/mol. The number of carbonyl (C=O) groups is 2. The molecular weight excluding hydrogens is 228 g/mol. The molecule has 1 aliphatic rings. The molecule has 6 heteroatoms. The molecule has 1 saturated heterocycles. The van der Waals surface area contributed by atoms with Crippen LogP contribution in [0.25, 0.3) is 0 Å². The Kier molecular flexibility index (Phi) is 2.91. The van der Waals surface area contributed by atoms with Gasteiger partial charge in [0.25, 0.3) is 0 Å². The van der Waals surface area contributed by atoms with Gasteiger partial charge in [0.1, 0.15) is 0 Å². The fourth-order valence-corrected chi connectivity index (χ4v) is 2.90. The Hall–Kier alpha value is -1.43. The Morgan fingerprint density at radius 3 is 3.00 bits per heavy atom. The molecule has 86 valence electrons. The minimum Gasteiger partial charge on any atom is -0.481 e. The van der Waals surface area contributed by atoms with Crippen molar-refractivity contribution in [2.24, 2.45) is 5.92 Å². The molecule has 1 aromatic heterocycles. The standard InChI is InChI=1S/C10H12N2O3S/c1-2-12-8(13)3-6(10(14)15)9(12)7-4-11-5-16-7/h4-6,9H,2-3H2,1H3,(H,14,15). The second-order valence-electron chi connectivity index (χ2n) is 3.68. The van der Waals surface area contributed by atoms with Crippen molar-refractivity contribution in [3.05, 3.63) is 16.6 Å². The number of carboxylic acid groups (broad SMARTS) is 1. The Morgan fingerprint density at radius 1 is 1.75 bits per heavy atom. The third kappa shape index (κ3) is 1.69. The molecule has 2 atom stereocenters. The Labute approximate surface area is 96.7 Å². The molecule has 16 heavy (non-hydrogen) atoms. The van der Waals surface area contributed by atoms with Crippen LogP contribution in [0, 0.1) is 5.92 Å². The molecule has 5 nitrogen and oxygen atoms in total. The quantitative estimate of drug-likeness (QED) is 0.860. The molecule has 0 bridgehead atoms. The molecule has 0 saturated carbocycles. The molecule has 1 aromatic rings. The van der Waals surface area contributed by atoms with Crippen LogP contribution in [0.1, 0.15) is 24.3 Å². The lowest BCUT2D eigenvalue weighted by atomic mass is 10.00. The van der Waals surface area contributed by atoms with E-state index in [1.165, 1.54) is 11.3 Å². The third-order valence-corrected chi connectivity index (χ3v) is 3.68. The van der Waals surface area contributed by atoms with Gasteiger partial charge in [-0.25, -0.2) is 0 Å². The van der Waals surface area contributed by atoms with Crippen LogP contribution >= 0.6 is 11.3 Å². The van der Waals surface area contributed by atoms with Gasteiger partial charge in [0.2, 0.25) is 5.91 Å². The van der Waals surface area contributed by atoms with Gasteiger partial charge in [-0.3, -0.25) is 14.6 Å². The van der Waals surface area contributed by atoms with Gasteiger partial charge in [-0.15, -0.1) is 11.3 Å². The van der Waals surface area contributed by atoms with Gasteiger partial charge < -0.3 is 10.0 Å². The average Bonchev–Trinajstić information content (AvgIpc) is 2.83. The summed E-state index contributed by atoms with van der Waals surface area (Å²) in [6.45, 7) is 2.39. The van der Waals surface area contributed by atoms with Gasteiger partial charge in [-0.2, -0.15) is 0 Å². The zero-order chi connectivity index (χ0) is 11.7. The van der Waals surface area contributed by atoms with Gasteiger partial charge in [-0.1, -0.05) is 0 Å². The van der Waals surface area contributed by atoms with E-state index >= 15 is 0 Å². The second-order valence-corrected chi connectivity index (χ2v) is 4.60. The summed E-state index contributed by atoms with van der Waals surface area (Å²) in [5.74, 6) is -1.65. The van der Waals surface area contributed by atoms with E-state index in [9.17, 15) is 9.59 Å². The van der Waals surface area contributed by atoms with Gasteiger partial charge in [0.05, 0.1) is 17.5 Å². The number of nitrogens with zero attached hydrogens (tertiary/aromatic N) is 2. The van der Waals surface area contributed by atoms with Crippen LogP contribution in [0.3, 0.4) is 0 Å². The highest BCUT2D eigenvalue weighted by Gasteiger charge is 2.44. The van der Waals surface area contributed by atoms with E-state index in [4.69, 9.17) is 5.11 Å². The predicted molar refractivity (Wildman–Crippen MR) is 58.0 cm³/mol. The summed E-state index contributed by atoms with van der Waals surface area (Å²) in [7, 11) is 0. The summed E-state index contributed by atoms with van der Waals surface area (Å²) in [5.41, 5.74) is 1.66. The molecule has 1 fully saturated rings. The molecule has 2 heterocycles. The Morgan fingerprint density at radius 2 is 2.50 bits per heavy atom. The van der Waals surface area contributed by atoms with Crippen molar-refractivity contribution in [1.82, 2.24) is 9.88 Å². The number of aliphatic carboxylic acids is 1. The predicted octanol–water partition coefficient (Wildman–Crippen LogP) is 1.14. The molecule has 0 aromatic carbocycles. The normalized spacial score (nSPS) is 25.1. The van der Waals surface area contributed by atoms with Crippen LogP contribution in [0.15, 0.2) is 11.7 Å². The molecule has 1 aliphatic heterocycles. The van der Waals surface area contributed by atoms with Gasteiger partial charge in [0.15, 0.2) is 0 Å². The number of carboxylic acids is 1. The molecule has 2 rings (SSSR count). The molecule has 0 spiro atoms. The maximum Gasteiger partial charge on any atom is 0.309 e. The topological polar surface area (TPSA) is 70.5 Å². The van der Waals surface area contributed by atoms with Crippen LogP contribution in [0.2, 0.25) is 0 Å². The highest BCUT2D eigenvalue weighted by Crippen LogP contribution is 2.39. The van der Waals surface area contributed by atoms with E-state index in [-0.39, 0.29) is 18.4 Å². The van der Waals surface area contributed by atoms with E-state index in [1.807, 2.05) is 6.92 Å². The van der Waals surface area contributed by atoms with Crippen LogP contribution in [0.4, 0.5) is 0 Å². The van der Waals surface area contributed by atoms with Crippen molar-refractivity contribution in [2.75, 3.05) is 6.54 Å². The number of carbonyl (C=O) groups excluding carboxylic acids is 1. The number of hydrogen-bond donors (Lipinski definition) is 1. The lowest BCUT2D eigenvalue weighted by Crippen LogP contribution is -2.29. The molecular formula is C10H12N2O3S. The van der Waals surface area contributed by atoms with Crippen LogP contribution < -0.4 is 0 Å². The smallest absolute Gasteiger partial charge is 0.309 e. The SMILES string of the molecule is CCN1C(=O)CC(C(=O)O)C1c1cncs1. The van der Waals surface area contributed by atoms with Crippen molar-refractivity contribution >= 4 is 23.2 Å². The van der Waals surface area contributed by atoms with E-state index in [1.54, 1.807) is 16.6 Å². The Balaban J connectivity index is 2.36. The van der Waals surface area contributed by atoms with E-state index in [0.29, 0.717) is 6.54 Å². The van der Waals surface area contributed by atoms with Crippen LogP contribution in [0.5, 0.6) is 0 Å². The maximum absolute atomic E-state index is 11.7. The van der Waals surface area contributed by atoms with Crippen molar-refractivity contribution in [2.45, 2.75) is 19.4 Å². The lowest BCUT2D eigenvalue weighted by Gasteiger charge is -2.24. The van der Waals surface area contributed by atoms with Gasteiger partial charge >= 0.3 is 5.97 Å². The zero-order valence-corrected chi connectivity index (χ0v) is 9.61. The molecule has 0 radical (unpaired) electrons. The van der Waals surface area contributed by atoms with Gasteiger partial charge in [0, 0.05) is 24.0 Å². The minimum atomic E-state index is -0.914. The first-order valence-electron chi connectivity index (χ1n) is 5.05. The summed E-state index contributed by atoms with van der Waals surface area (Å²) in [5, 5.41) is 9.12. The van der Waals surface area contributed by atoms with Crippen molar-refractivity contribution < 1.29 is 14.7 Å². The first-order chi connectivity index (χ1) is 7.65. The summed E-state index contributed by atoms with van der Waals surface area (Å²) >= 11 is 1.39. The van der Waals surface area contributed by atoms with Gasteiger partial charge in [-0.05, 0) is 6.92 Å².